The van der Waals surface area contributed by atoms with Crippen LogP contribution in [0.25, 0.3) is 0 Å². The fourth-order valence-electron chi connectivity index (χ4n) is 4.21. The van der Waals surface area contributed by atoms with Crippen LogP contribution in [0, 0.1) is 0 Å². The third-order valence-electron chi connectivity index (χ3n) is 6.37. The molecule has 6 nitrogen and oxygen atoms in total. The molecule has 1 aromatic rings. The maximum atomic E-state index is 13.4. The number of carbonyl (C=O) groups is 2. The number of allylic oxidation sites excluding steroid dienone is 1. The summed E-state index contributed by atoms with van der Waals surface area (Å²) in [6.45, 7) is 8.10. The van der Waals surface area contributed by atoms with E-state index >= 15 is 0 Å². The number of carbonyl (C=O) groups excluding carboxylic acids is 2. The summed E-state index contributed by atoms with van der Waals surface area (Å²) in [6.07, 6.45) is 3.99. The first-order chi connectivity index (χ1) is 13.9. The Morgan fingerprint density at radius 3 is 2.33 bits per heavy atom. The molecule has 0 saturated heterocycles. The van der Waals surface area contributed by atoms with Gasteiger partial charge in [-0.25, -0.2) is 4.99 Å². The Hall–Kier alpha value is -2.47. The minimum Gasteiger partial charge on any atom is -0.393 e. The van der Waals surface area contributed by atoms with Gasteiger partial charge in [-0.05, 0) is 55.2 Å². The monoisotopic (exact) mass is 411 g/mol. The molecule has 3 rings (SSSR count). The van der Waals surface area contributed by atoms with Crippen molar-refractivity contribution in [1.82, 2.24) is 4.90 Å². The van der Waals surface area contributed by atoms with Gasteiger partial charge in [0.2, 0.25) is 5.91 Å². The maximum absolute atomic E-state index is 13.4. The van der Waals surface area contributed by atoms with Crippen LogP contribution in [0.1, 0.15) is 70.4 Å². The number of aliphatic imine (C=N–C) groups is 1. The standard InChI is InChI=1S/C24H33N3O3/c1-23(2,3)17-10-8-16(9-11-17)20-21(30)27(5)22(25)26-24(20,4)19(29)14-15-6-12-18(28)13-7-15/h8-11,14,18,20,28H,6-7,12-13H2,1-5H3,(H2,25,26)/t18?,20-,24+/m0/s1. The van der Waals surface area contributed by atoms with E-state index in [9.17, 15) is 14.7 Å². The number of amides is 1. The van der Waals surface area contributed by atoms with Crippen LogP contribution >= 0.6 is 0 Å². The van der Waals surface area contributed by atoms with Crippen molar-refractivity contribution in [3.05, 3.63) is 47.0 Å². The predicted molar refractivity (Wildman–Crippen MR) is 118 cm³/mol. The van der Waals surface area contributed by atoms with Crippen molar-refractivity contribution in [2.45, 2.75) is 76.4 Å². The summed E-state index contributed by atoms with van der Waals surface area (Å²) in [4.78, 5) is 32.5. The number of nitrogens with two attached hydrogens (primary N) is 1. The average molecular weight is 412 g/mol. The second kappa shape index (κ2) is 7.99. The number of rotatable bonds is 3. The molecule has 0 unspecified atom stereocenters. The van der Waals surface area contributed by atoms with Crippen LogP contribution in [0.4, 0.5) is 0 Å². The Kier molecular flexibility index (Phi) is 5.92. The number of aliphatic hydroxyl groups is 1. The molecule has 2 aliphatic rings. The lowest BCUT2D eigenvalue weighted by atomic mass is 9.74. The lowest BCUT2D eigenvalue weighted by Gasteiger charge is -2.39. The number of aliphatic hydroxyl groups excluding tert-OH is 1. The van der Waals surface area contributed by atoms with Gasteiger partial charge in [-0.3, -0.25) is 14.5 Å². The molecule has 1 saturated carbocycles. The number of guanidine groups is 1. The Morgan fingerprint density at radius 2 is 1.80 bits per heavy atom. The topological polar surface area (TPSA) is 96.0 Å². The first-order valence-corrected chi connectivity index (χ1v) is 10.6. The van der Waals surface area contributed by atoms with Crippen LogP contribution in [0.5, 0.6) is 0 Å². The van der Waals surface area contributed by atoms with Gasteiger partial charge in [-0.2, -0.15) is 0 Å². The number of ketones is 1. The predicted octanol–water partition coefficient (Wildman–Crippen LogP) is 3.04. The normalized spacial score (nSPS) is 27.7. The van der Waals surface area contributed by atoms with Gasteiger partial charge in [0, 0.05) is 7.05 Å². The molecule has 0 spiro atoms. The van der Waals surface area contributed by atoms with Gasteiger partial charge in [0.25, 0.3) is 0 Å². The number of nitrogens with zero attached hydrogens (tertiary/aromatic N) is 2. The molecule has 162 valence electrons. The van der Waals surface area contributed by atoms with Gasteiger partial charge in [0.15, 0.2) is 11.7 Å². The highest BCUT2D eigenvalue weighted by atomic mass is 16.3. The molecule has 0 bridgehead atoms. The first-order valence-electron chi connectivity index (χ1n) is 10.6. The van der Waals surface area contributed by atoms with Gasteiger partial charge in [0.1, 0.15) is 5.54 Å². The van der Waals surface area contributed by atoms with Crippen LogP contribution in [0.2, 0.25) is 0 Å². The summed E-state index contributed by atoms with van der Waals surface area (Å²) in [6, 6.07) is 7.86. The fraction of sp³-hybridized carbons (Fsp3) is 0.542. The second-order valence-corrected chi connectivity index (χ2v) is 9.72. The van der Waals surface area contributed by atoms with Crippen molar-refractivity contribution in [1.29, 1.82) is 0 Å². The van der Waals surface area contributed by atoms with Crippen molar-refractivity contribution in [2.75, 3.05) is 7.05 Å². The number of likely N-dealkylation sites (N-methyl/N-ethyl adjacent to an activating group) is 1. The zero-order valence-corrected chi connectivity index (χ0v) is 18.6. The molecule has 2 atom stereocenters. The van der Waals surface area contributed by atoms with Gasteiger partial charge in [0.05, 0.1) is 12.0 Å². The molecule has 1 heterocycles. The fourth-order valence-corrected chi connectivity index (χ4v) is 4.21. The molecule has 6 heteroatoms. The van der Waals surface area contributed by atoms with Gasteiger partial charge in [-0.15, -0.1) is 0 Å². The van der Waals surface area contributed by atoms with Crippen molar-refractivity contribution < 1.29 is 14.7 Å². The highest BCUT2D eigenvalue weighted by molar-refractivity contribution is 6.11. The Balaban J connectivity index is 2.01. The van der Waals surface area contributed by atoms with Crippen LogP contribution in [0.3, 0.4) is 0 Å². The molecule has 1 aliphatic heterocycles. The molecule has 0 aromatic heterocycles. The molecular weight excluding hydrogens is 378 g/mol. The lowest BCUT2D eigenvalue weighted by molar-refractivity contribution is -0.134. The molecule has 1 amide bonds. The highest BCUT2D eigenvalue weighted by Gasteiger charge is 2.50. The zero-order valence-electron chi connectivity index (χ0n) is 18.6. The summed E-state index contributed by atoms with van der Waals surface area (Å²) >= 11 is 0. The minimum atomic E-state index is -1.31. The summed E-state index contributed by atoms with van der Waals surface area (Å²) in [7, 11) is 1.59. The Labute approximate surface area is 178 Å². The van der Waals surface area contributed by atoms with Crippen LogP contribution in [-0.4, -0.2) is 46.3 Å². The molecule has 1 fully saturated rings. The van der Waals surface area contributed by atoms with Crippen LogP contribution in [0.15, 0.2) is 40.9 Å². The van der Waals surface area contributed by atoms with Crippen LogP contribution in [-0.2, 0) is 15.0 Å². The molecule has 3 N–H and O–H groups in total. The van der Waals surface area contributed by atoms with E-state index in [2.05, 4.69) is 25.8 Å². The van der Waals surface area contributed by atoms with Crippen molar-refractivity contribution in [3.8, 4) is 0 Å². The number of benzene rings is 1. The largest absolute Gasteiger partial charge is 0.393 e. The third-order valence-corrected chi connectivity index (χ3v) is 6.37. The van der Waals surface area contributed by atoms with E-state index < -0.39 is 11.5 Å². The molecule has 0 radical (unpaired) electrons. The summed E-state index contributed by atoms with van der Waals surface area (Å²) < 4.78 is 0. The van der Waals surface area contributed by atoms with Crippen molar-refractivity contribution >= 4 is 17.6 Å². The second-order valence-electron chi connectivity index (χ2n) is 9.72. The molecule has 1 aliphatic carbocycles. The van der Waals surface area contributed by atoms with E-state index in [4.69, 9.17) is 5.73 Å². The minimum absolute atomic E-state index is 0.0104. The quantitative estimate of drug-likeness (QED) is 0.747. The lowest BCUT2D eigenvalue weighted by Crippen LogP contribution is -2.56. The number of hydrogen-bond acceptors (Lipinski definition) is 5. The highest BCUT2D eigenvalue weighted by Crippen LogP contribution is 2.39. The van der Waals surface area contributed by atoms with E-state index in [1.54, 1.807) is 20.0 Å². The Bertz CT molecular complexity index is 885. The molecule has 30 heavy (non-hydrogen) atoms. The van der Waals surface area contributed by atoms with Gasteiger partial charge >= 0.3 is 0 Å². The van der Waals surface area contributed by atoms with Crippen molar-refractivity contribution in [2.24, 2.45) is 10.7 Å². The third kappa shape index (κ3) is 4.19. The SMILES string of the molecule is CN1C(=O)[C@H](c2ccc(C(C)(C)C)cc2)[C@@](C)(C(=O)C=C2CCC(O)CC2)N=C1N. The van der Waals surface area contributed by atoms with Crippen molar-refractivity contribution in [3.63, 3.8) is 0 Å². The average Bonchev–Trinajstić information content (AvgIpc) is 2.67. The van der Waals surface area contributed by atoms with E-state index in [0.29, 0.717) is 25.7 Å². The number of hydrogen-bond donors (Lipinski definition) is 2. The summed E-state index contributed by atoms with van der Waals surface area (Å²) in [5, 5.41) is 9.73. The molecular formula is C24H33N3O3. The van der Waals surface area contributed by atoms with E-state index in [1.165, 1.54) is 4.90 Å². The Morgan fingerprint density at radius 1 is 1.23 bits per heavy atom. The molecule has 1 aromatic carbocycles. The van der Waals surface area contributed by atoms with E-state index in [0.717, 1.165) is 16.7 Å². The smallest absolute Gasteiger partial charge is 0.239 e. The maximum Gasteiger partial charge on any atom is 0.239 e. The van der Waals surface area contributed by atoms with E-state index in [1.807, 2.05) is 24.3 Å². The zero-order chi connectivity index (χ0) is 22.3. The van der Waals surface area contributed by atoms with Crippen LogP contribution < -0.4 is 5.73 Å². The van der Waals surface area contributed by atoms with Gasteiger partial charge < -0.3 is 10.8 Å². The van der Waals surface area contributed by atoms with Gasteiger partial charge in [-0.1, -0.05) is 50.6 Å². The summed E-state index contributed by atoms with van der Waals surface area (Å²) in [5.74, 6) is -1.15. The van der Waals surface area contributed by atoms with E-state index in [-0.39, 0.29) is 29.2 Å². The first kappa shape index (κ1) is 22.2. The summed E-state index contributed by atoms with van der Waals surface area (Å²) in [5.41, 5.74) is 7.59.